The molecule has 0 bridgehead atoms. The number of aliphatic hydroxyl groups excluding tert-OH is 1. The molecule has 50 heavy (non-hydrogen) atoms. The number of benzene rings is 2. The van der Waals surface area contributed by atoms with Crippen molar-refractivity contribution in [2.45, 2.75) is 78.7 Å². The molecule has 3 rings (SSSR count). The highest BCUT2D eigenvalue weighted by Gasteiger charge is 2.37. The van der Waals surface area contributed by atoms with E-state index in [1.165, 1.54) is 12.1 Å². The van der Waals surface area contributed by atoms with Crippen LogP contribution in [0.3, 0.4) is 0 Å². The van der Waals surface area contributed by atoms with Crippen molar-refractivity contribution in [1.82, 2.24) is 31.4 Å². The van der Waals surface area contributed by atoms with Crippen LogP contribution < -0.4 is 21.4 Å². The topological polar surface area (TPSA) is 182 Å². The van der Waals surface area contributed by atoms with Crippen molar-refractivity contribution in [3.63, 3.8) is 0 Å². The minimum atomic E-state index is -1.35. The highest BCUT2D eigenvalue weighted by Crippen LogP contribution is 2.22. The first-order chi connectivity index (χ1) is 23.5. The number of amides is 4. The lowest BCUT2D eigenvalue weighted by atomic mass is 9.85. The molecule has 0 spiro atoms. The third kappa shape index (κ3) is 12.1. The van der Waals surface area contributed by atoms with Crippen LogP contribution in [0.4, 0.5) is 9.59 Å². The summed E-state index contributed by atoms with van der Waals surface area (Å²) in [5.41, 5.74) is 4.64. The number of aliphatic hydroxyl groups is 1. The van der Waals surface area contributed by atoms with Crippen LogP contribution in [-0.2, 0) is 27.3 Å². The SMILES string of the molecule is COC(=O)N[C@H](C(=O)N[C@@H](Cc1ccccc1)[C@@H](O)CN(Cc1ccc(-c2ccccn2)cc1)NC(=O)[C@@H](NC(=O)O)C(C)(C)C)C(C)(C)C. The highest BCUT2D eigenvalue weighted by molar-refractivity contribution is 5.87. The number of hydrogen-bond acceptors (Lipinski definition) is 8. The fraction of sp³-hybridized carbons (Fsp3) is 0.432. The Morgan fingerprint density at radius 1 is 0.780 bits per heavy atom. The average molecular weight is 691 g/mol. The Morgan fingerprint density at radius 2 is 1.38 bits per heavy atom. The number of carbonyl (C=O) groups excluding carboxylic acids is 3. The van der Waals surface area contributed by atoms with Gasteiger partial charge in [0.25, 0.3) is 5.91 Å². The van der Waals surface area contributed by atoms with E-state index in [1.54, 1.807) is 47.7 Å². The van der Waals surface area contributed by atoms with Crippen LogP contribution in [0.1, 0.15) is 52.7 Å². The number of hydrogen-bond donors (Lipinski definition) is 6. The minimum absolute atomic E-state index is 0.135. The predicted molar refractivity (Wildman–Crippen MR) is 189 cm³/mol. The Labute approximate surface area is 293 Å². The number of carbonyl (C=O) groups is 4. The zero-order chi connectivity index (χ0) is 37.1. The summed E-state index contributed by atoms with van der Waals surface area (Å²) in [6.45, 7) is 10.6. The Hall–Kier alpha value is -5.01. The van der Waals surface area contributed by atoms with Gasteiger partial charge in [-0.3, -0.25) is 20.0 Å². The maximum absolute atomic E-state index is 13.7. The molecule has 13 heteroatoms. The van der Waals surface area contributed by atoms with Crippen molar-refractivity contribution >= 4 is 24.0 Å². The van der Waals surface area contributed by atoms with Gasteiger partial charge in [0, 0.05) is 24.8 Å². The van der Waals surface area contributed by atoms with Gasteiger partial charge in [0.1, 0.15) is 12.1 Å². The van der Waals surface area contributed by atoms with Gasteiger partial charge >= 0.3 is 12.2 Å². The van der Waals surface area contributed by atoms with E-state index in [0.717, 1.165) is 22.4 Å². The summed E-state index contributed by atoms with van der Waals surface area (Å²) in [7, 11) is 1.21. The summed E-state index contributed by atoms with van der Waals surface area (Å²) >= 11 is 0. The van der Waals surface area contributed by atoms with Crippen molar-refractivity contribution in [3.8, 4) is 11.3 Å². The van der Waals surface area contributed by atoms with Gasteiger partial charge in [-0.05, 0) is 40.5 Å². The normalized spacial score (nSPS) is 14.1. The second kappa shape index (κ2) is 17.6. The van der Waals surface area contributed by atoms with Gasteiger partial charge in [-0.15, -0.1) is 0 Å². The fourth-order valence-electron chi connectivity index (χ4n) is 5.33. The van der Waals surface area contributed by atoms with E-state index >= 15 is 0 Å². The van der Waals surface area contributed by atoms with E-state index in [1.807, 2.05) is 72.8 Å². The number of alkyl carbamates (subject to hydrolysis) is 1. The molecule has 270 valence electrons. The molecular weight excluding hydrogens is 640 g/mol. The number of rotatable bonds is 14. The van der Waals surface area contributed by atoms with Gasteiger partial charge in [0.05, 0.1) is 24.9 Å². The third-order valence-corrected chi connectivity index (χ3v) is 8.03. The zero-order valence-electron chi connectivity index (χ0n) is 29.8. The van der Waals surface area contributed by atoms with Gasteiger partial charge in [0.15, 0.2) is 0 Å². The van der Waals surface area contributed by atoms with Gasteiger partial charge in [-0.1, -0.05) is 102 Å². The number of nitrogens with zero attached hydrogens (tertiary/aromatic N) is 2. The van der Waals surface area contributed by atoms with E-state index in [2.05, 4.69) is 26.4 Å². The molecule has 0 aliphatic rings. The van der Waals surface area contributed by atoms with Gasteiger partial charge in [-0.2, -0.15) is 0 Å². The Morgan fingerprint density at radius 3 is 1.92 bits per heavy atom. The van der Waals surface area contributed by atoms with Crippen LogP contribution in [0.5, 0.6) is 0 Å². The van der Waals surface area contributed by atoms with E-state index in [-0.39, 0.29) is 19.5 Å². The fourth-order valence-corrected chi connectivity index (χ4v) is 5.33. The summed E-state index contributed by atoms with van der Waals surface area (Å²) < 4.78 is 4.75. The Kier molecular flexibility index (Phi) is 13.9. The zero-order valence-corrected chi connectivity index (χ0v) is 29.8. The molecule has 1 heterocycles. The van der Waals surface area contributed by atoms with Crippen LogP contribution in [-0.4, -0.2) is 82.1 Å². The molecule has 2 aromatic carbocycles. The number of ether oxygens (including phenoxy) is 1. The molecule has 13 nitrogen and oxygen atoms in total. The van der Waals surface area contributed by atoms with Crippen molar-refractivity contribution in [3.05, 3.63) is 90.1 Å². The summed E-state index contributed by atoms with van der Waals surface area (Å²) in [6, 6.07) is 19.5. The molecule has 4 amide bonds. The monoisotopic (exact) mass is 690 g/mol. The molecule has 1 aromatic heterocycles. The van der Waals surface area contributed by atoms with Gasteiger partial charge < -0.3 is 30.9 Å². The van der Waals surface area contributed by atoms with Gasteiger partial charge in [-0.25, -0.2) is 14.6 Å². The maximum atomic E-state index is 13.7. The molecule has 3 aromatic rings. The van der Waals surface area contributed by atoms with Gasteiger partial charge in [0.2, 0.25) is 5.91 Å². The van der Waals surface area contributed by atoms with Crippen LogP contribution in [0, 0.1) is 10.8 Å². The smallest absolute Gasteiger partial charge is 0.407 e. The third-order valence-electron chi connectivity index (χ3n) is 8.03. The lowest BCUT2D eigenvalue weighted by molar-refractivity contribution is -0.132. The van der Waals surface area contributed by atoms with Crippen LogP contribution >= 0.6 is 0 Å². The summed E-state index contributed by atoms with van der Waals surface area (Å²) in [4.78, 5) is 55.5. The molecule has 4 atom stereocenters. The van der Waals surface area contributed by atoms with Crippen LogP contribution in [0.15, 0.2) is 79.0 Å². The van der Waals surface area contributed by atoms with E-state index in [4.69, 9.17) is 4.74 Å². The number of methoxy groups -OCH3 is 1. The Balaban J connectivity index is 1.95. The van der Waals surface area contributed by atoms with E-state index < -0.39 is 59.1 Å². The van der Waals surface area contributed by atoms with Crippen LogP contribution in [0.25, 0.3) is 11.3 Å². The number of hydrazine groups is 1. The highest BCUT2D eigenvalue weighted by atomic mass is 16.5. The molecule has 0 saturated heterocycles. The minimum Gasteiger partial charge on any atom is -0.465 e. The van der Waals surface area contributed by atoms with Crippen LogP contribution in [0.2, 0.25) is 0 Å². The lowest BCUT2D eigenvalue weighted by Crippen LogP contribution is -2.60. The number of carboxylic acid groups (broad SMARTS) is 1. The molecule has 0 radical (unpaired) electrons. The summed E-state index contributed by atoms with van der Waals surface area (Å²) in [6.07, 6.45) is -1.43. The molecular formula is C37H50N6O7. The Bertz CT molecular complexity index is 1560. The first kappa shape index (κ1) is 39.4. The van der Waals surface area contributed by atoms with Crippen molar-refractivity contribution < 1.29 is 34.1 Å². The molecule has 0 saturated carbocycles. The standard InChI is InChI=1S/C37H50N6O7/c1-36(2,3)30(41-35(49)50-7)32(45)39-28(21-24-13-9-8-10-14-24)29(44)23-43(42-33(46)31(37(4,5)6)40-34(47)48)22-25-16-18-26(19-17-25)27-15-11-12-20-38-27/h8-20,28-31,40,44H,21-23H2,1-7H3,(H,39,45)(H,41,49)(H,42,46)(H,47,48)/t28-,29-,30+,31+/m0/s1. The number of pyridine rings is 1. The first-order valence-electron chi connectivity index (χ1n) is 16.4. The number of aromatic nitrogens is 1. The molecule has 0 aliphatic heterocycles. The largest absolute Gasteiger partial charge is 0.465 e. The second-order valence-electron chi connectivity index (χ2n) is 14.3. The van der Waals surface area contributed by atoms with Crippen molar-refractivity contribution in [2.75, 3.05) is 13.7 Å². The quantitative estimate of drug-likeness (QED) is 0.136. The molecule has 0 aliphatic carbocycles. The summed E-state index contributed by atoms with van der Waals surface area (Å²) in [5.74, 6) is -1.14. The molecule has 0 unspecified atom stereocenters. The lowest BCUT2D eigenvalue weighted by Gasteiger charge is -2.35. The van der Waals surface area contributed by atoms with Crippen molar-refractivity contribution in [1.29, 1.82) is 0 Å². The predicted octanol–water partition coefficient (Wildman–Crippen LogP) is 4.12. The second-order valence-corrected chi connectivity index (χ2v) is 14.3. The maximum Gasteiger partial charge on any atom is 0.407 e. The average Bonchev–Trinajstić information content (AvgIpc) is 3.05. The van der Waals surface area contributed by atoms with E-state index in [0.29, 0.717) is 0 Å². The molecule has 6 N–H and O–H groups in total. The number of nitrogens with one attached hydrogen (secondary N) is 4. The molecule has 0 fully saturated rings. The first-order valence-corrected chi connectivity index (χ1v) is 16.4. The van der Waals surface area contributed by atoms with Crippen molar-refractivity contribution in [2.24, 2.45) is 10.8 Å². The van der Waals surface area contributed by atoms with E-state index in [9.17, 15) is 29.4 Å². The summed E-state index contributed by atoms with van der Waals surface area (Å²) in [5, 5.41) is 30.6.